The van der Waals surface area contributed by atoms with Crippen LogP contribution in [0.15, 0.2) is 48.5 Å². The van der Waals surface area contributed by atoms with E-state index in [0.717, 1.165) is 22.5 Å². The molecular formula is C17H16N2O2. The van der Waals surface area contributed by atoms with Gasteiger partial charge in [0, 0.05) is 23.4 Å². The number of rotatable bonds is 1. The Labute approximate surface area is 123 Å². The summed E-state index contributed by atoms with van der Waals surface area (Å²) in [5, 5.41) is 3.33. The number of fused-ring (bicyclic) bond motifs is 3. The number of carbonyl (C=O) groups is 1. The molecule has 2 aliphatic rings. The minimum absolute atomic E-state index is 0.0410. The number of nitrogens with one attached hydrogen (secondary N) is 1. The van der Waals surface area contributed by atoms with Gasteiger partial charge in [0.05, 0.1) is 12.3 Å². The van der Waals surface area contributed by atoms with Gasteiger partial charge >= 0.3 is 0 Å². The van der Waals surface area contributed by atoms with E-state index in [1.807, 2.05) is 55.5 Å². The fraction of sp³-hybridized carbons (Fsp3) is 0.235. The number of carbonyl (C=O) groups excluding carboxylic acids is 1. The first-order valence-electron chi connectivity index (χ1n) is 7.18. The summed E-state index contributed by atoms with van der Waals surface area (Å²) < 4.78 is 6.02. The van der Waals surface area contributed by atoms with Crippen LogP contribution >= 0.6 is 0 Å². The van der Waals surface area contributed by atoms with Crippen LogP contribution in [0.2, 0.25) is 0 Å². The summed E-state index contributed by atoms with van der Waals surface area (Å²) in [6.07, 6.45) is 0. The molecule has 0 aliphatic carbocycles. The topological polar surface area (TPSA) is 41.6 Å². The smallest absolute Gasteiger partial charge is 0.285 e. The number of anilines is 2. The lowest BCUT2D eigenvalue weighted by atomic mass is 10.0. The molecule has 106 valence electrons. The summed E-state index contributed by atoms with van der Waals surface area (Å²) in [5.41, 5.74) is 2.78. The summed E-state index contributed by atoms with van der Waals surface area (Å²) >= 11 is 0. The maximum Gasteiger partial charge on any atom is 0.285 e. The first-order chi connectivity index (χ1) is 10.3. The van der Waals surface area contributed by atoms with Gasteiger partial charge in [0.1, 0.15) is 0 Å². The van der Waals surface area contributed by atoms with Crippen molar-refractivity contribution in [3.8, 4) is 0 Å². The number of hydrogen-bond acceptors (Lipinski definition) is 3. The molecule has 21 heavy (non-hydrogen) atoms. The van der Waals surface area contributed by atoms with Gasteiger partial charge in [-0.1, -0.05) is 36.4 Å². The molecule has 0 fully saturated rings. The largest absolute Gasteiger partial charge is 0.345 e. The molecule has 0 bridgehead atoms. The van der Waals surface area contributed by atoms with Crippen molar-refractivity contribution in [3.05, 3.63) is 59.7 Å². The van der Waals surface area contributed by atoms with Crippen molar-refractivity contribution in [2.75, 3.05) is 16.8 Å². The third-order valence-electron chi connectivity index (χ3n) is 4.21. The van der Waals surface area contributed by atoms with Crippen LogP contribution in [-0.2, 0) is 21.9 Å². The van der Waals surface area contributed by atoms with Crippen molar-refractivity contribution >= 4 is 17.3 Å². The van der Waals surface area contributed by atoms with Gasteiger partial charge < -0.3 is 15.0 Å². The van der Waals surface area contributed by atoms with Crippen molar-refractivity contribution < 1.29 is 9.53 Å². The predicted molar refractivity (Wildman–Crippen MR) is 81.0 cm³/mol. The minimum atomic E-state index is -1.08. The first kappa shape index (κ1) is 12.4. The predicted octanol–water partition coefficient (Wildman–Crippen LogP) is 2.85. The average Bonchev–Trinajstić information content (AvgIpc) is 2.76. The molecule has 0 saturated carbocycles. The lowest BCUT2D eigenvalue weighted by molar-refractivity contribution is -0.142. The second-order valence-corrected chi connectivity index (χ2v) is 5.32. The van der Waals surface area contributed by atoms with Crippen molar-refractivity contribution in [2.24, 2.45) is 0 Å². The Morgan fingerprint density at radius 2 is 1.95 bits per heavy atom. The fourth-order valence-electron chi connectivity index (χ4n) is 3.18. The zero-order valence-corrected chi connectivity index (χ0v) is 11.8. The van der Waals surface area contributed by atoms with Gasteiger partial charge in [0.15, 0.2) is 0 Å². The molecule has 0 unspecified atom stereocenters. The number of benzene rings is 2. The zero-order valence-electron chi connectivity index (χ0n) is 11.8. The van der Waals surface area contributed by atoms with Crippen LogP contribution in [0.1, 0.15) is 18.1 Å². The van der Waals surface area contributed by atoms with Crippen LogP contribution in [0, 0.1) is 0 Å². The Balaban J connectivity index is 1.88. The molecule has 2 aliphatic heterocycles. The van der Waals surface area contributed by atoms with E-state index in [1.165, 1.54) is 0 Å². The highest BCUT2D eigenvalue weighted by Crippen LogP contribution is 2.46. The molecule has 0 aromatic heterocycles. The minimum Gasteiger partial charge on any atom is -0.345 e. The Hall–Kier alpha value is -2.33. The molecule has 2 heterocycles. The van der Waals surface area contributed by atoms with Crippen LogP contribution in [0.3, 0.4) is 0 Å². The van der Waals surface area contributed by atoms with E-state index in [4.69, 9.17) is 4.74 Å². The number of ether oxygens (including phenoxy) is 1. The molecule has 4 nitrogen and oxygen atoms in total. The molecule has 0 radical (unpaired) electrons. The molecule has 0 saturated heterocycles. The standard InChI is InChI=1S/C17H16N2O2/c1-2-19-15-10-6-4-8-13(15)17(16(19)20)18-14-9-5-3-7-12(14)11-21-17/h3-10,18H,2,11H2,1H3/t17-/m1/s1. The molecular weight excluding hydrogens is 264 g/mol. The average molecular weight is 280 g/mol. The van der Waals surface area contributed by atoms with Crippen LogP contribution in [0.4, 0.5) is 11.4 Å². The normalized spacial score (nSPS) is 22.9. The van der Waals surface area contributed by atoms with Gasteiger partial charge in [0.25, 0.3) is 5.91 Å². The van der Waals surface area contributed by atoms with Gasteiger partial charge in [0.2, 0.25) is 5.72 Å². The monoisotopic (exact) mass is 280 g/mol. The van der Waals surface area contributed by atoms with Crippen molar-refractivity contribution in [1.29, 1.82) is 0 Å². The van der Waals surface area contributed by atoms with E-state index in [1.54, 1.807) is 4.90 Å². The number of likely N-dealkylation sites (N-methyl/N-ethyl adjacent to an activating group) is 1. The number of para-hydroxylation sites is 2. The Bertz CT molecular complexity index is 728. The molecule has 2 aromatic carbocycles. The number of hydrogen-bond donors (Lipinski definition) is 1. The Morgan fingerprint density at radius 3 is 2.81 bits per heavy atom. The van der Waals surface area contributed by atoms with E-state index >= 15 is 0 Å². The maximum atomic E-state index is 12.9. The SMILES string of the molecule is CCN1C(=O)[C@@]2(Nc3ccccc3CO2)c2ccccc21. The van der Waals surface area contributed by atoms with E-state index in [0.29, 0.717) is 13.2 Å². The van der Waals surface area contributed by atoms with Gasteiger partial charge in [-0.3, -0.25) is 4.79 Å². The Morgan fingerprint density at radius 1 is 1.19 bits per heavy atom. The quantitative estimate of drug-likeness (QED) is 0.873. The van der Waals surface area contributed by atoms with E-state index < -0.39 is 5.72 Å². The van der Waals surface area contributed by atoms with Crippen molar-refractivity contribution in [2.45, 2.75) is 19.3 Å². The summed E-state index contributed by atoms with van der Waals surface area (Å²) in [6, 6.07) is 15.8. The molecule has 2 aromatic rings. The highest BCUT2D eigenvalue weighted by Gasteiger charge is 2.53. The van der Waals surface area contributed by atoms with E-state index in [-0.39, 0.29) is 5.91 Å². The maximum absolute atomic E-state index is 12.9. The number of nitrogens with zero attached hydrogens (tertiary/aromatic N) is 1. The lowest BCUT2D eigenvalue weighted by Gasteiger charge is -2.35. The molecule has 4 rings (SSSR count). The first-order valence-corrected chi connectivity index (χ1v) is 7.18. The second-order valence-electron chi connectivity index (χ2n) is 5.32. The van der Waals surface area contributed by atoms with Crippen molar-refractivity contribution in [3.63, 3.8) is 0 Å². The van der Waals surface area contributed by atoms with Crippen LogP contribution in [-0.4, -0.2) is 12.5 Å². The van der Waals surface area contributed by atoms with E-state index in [9.17, 15) is 4.79 Å². The van der Waals surface area contributed by atoms with Gasteiger partial charge in [-0.15, -0.1) is 0 Å². The molecule has 1 N–H and O–H groups in total. The van der Waals surface area contributed by atoms with Crippen LogP contribution < -0.4 is 10.2 Å². The summed E-state index contributed by atoms with van der Waals surface area (Å²) in [5.74, 6) is -0.0410. The van der Waals surface area contributed by atoms with Crippen LogP contribution in [0.25, 0.3) is 0 Å². The van der Waals surface area contributed by atoms with Gasteiger partial charge in [-0.05, 0) is 19.1 Å². The fourth-order valence-corrected chi connectivity index (χ4v) is 3.18. The third-order valence-corrected chi connectivity index (χ3v) is 4.21. The zero-order chi connectivity index (χ0) is 14.4. The molecule has 4 heteroatoms. The van der Waals surface area contributed by atoms with Gasteiger partial charge in [-0.25, -0.2) is 0 Å². The Kier molecular flexibility index (Phi) is 2.56. The molecule has 1 atom stereocenters. The molecule has 1 spiro atoms. The lowest BCUT2D eigenvalue weighted by Crippen LogP contribution is -2.49. The van der Waals surface area contributed by atoms with Crippen LogP contribution in [0.5, 0.6) is 0 Å². The summed E-state index contributed by atoms with van der Waals surface area (Å²) in [6.45, 7) is 3.04. The summed E-state index contributed by atoms with van der Waals surface area (Å²) in [4.78, 5) is 14.7. The highest BCUT2D eigenvalue weighted by molar-refractivity contribution is 6.08. The highest BCUT2D eigenvalue weighted by atomic mass is 16.5. The number of amides is 1. The van der Waals surface area contributed by atoms with E-state index in [2.05, 4.69) is 5.32 Å². The van der Waals surface area contributed by atoms with Crippen molar-refractivity contribution in [1.82, 2.24) is 0 Å². The molecule has 1 amide bonds. The van der Waals surface area contributed by atoms with Gasteiger partial charge in [-0.2, -0.15) is 0 Å². The third kappa shape index (κ3) is 1.56. The summed E-state index contributed by atoms with van der Waals surface area (Å²) in [7, 11) is 0. The second kappa shape index (κ2) is 4.33.